The largest absolute Gasteiger partial charge is 0.348 e. The Morgan fingerprint density at radius 1 is 1.35 bits per heavy atom. The second kappa shape index (κ2) is 4.68. The SMILES string of the molecule is CC(C)c1c(C(=O)NC2CC2)nn2c(=O)c3c([nH]c12)C(=O)NC3. The van der Waals surface area contributed by atoms with Crippen LogP contribution in [-0.2, 0) is 6.54 Å². The predicted molar refractivity (Wildman–Crippen MR) is 81.6 cm³/mol. The summed E-state index contributed by atoms with van der Waals surface area (Å²) >= 11 is 0. The van der Waals surface area contributed by atoms with E-state index in [-0.39, 0.29) is 47.3 Å². The molecule has 120 valence electrons. The maximum Gasteiger partial charge on any atom is 0.280 e. The molecule has 8 heteroatoms. The molecule has 0 saturated heterocycles. The summed E-state index contributed by atoms with van der Waals surface area (Å²) in [5.41, 5.74) is 1.58. The average Bonchev–Trinajstić information content (AvgIpc) is 3.09. The molecule has 3 N–H and O–H groups in total. The van der Waals surface area contributed by atoms with E-state index in [4.69, 9.17) is 0 Å². The van der Waals surface area contributed by atoms with Crippen LogP contribution in [0.2, 0.25) is 0 Å². The van der Waals surface area contributed by atoms with Crippen molar-refractivity contribution in [3.63, 3.8) is 0 Å². The lowest BCUT2D eigenvalue weighted by Gasteiger charge is -2.07. The van der Waals surface area contributed by atoms with Crippen LogP contribution in [0.15, 0.2) is 4.79 Å². The molecule has 0 aromatic carbocycles. The molecule has 1 aliphatic heterocycles. The summed E-state index contributed by atoms with van der Waals surface area (Å²) in [6, 6.07) is 0.207. The number of fused-ring (bicyclic) bond motifs is 2. The molecule has 2 amide bonds. The van der Waals surface area contributed by atoms with Crippen molar-refractivity contribution >= 4 is 17.5 Å². The Morgan fingerprint density at radius 2 is 2.09 bits per heavy atom. The summed E-state index contributed by atoms with van der Waals surface area (Å²) < 4.78 is 1.20. The van der Waals surface area contributed by atoms with E-state index in [2.05, 4.69) is 20.7 Å². The normalized spacial score (nSPS) is 16.7. The molecule has 2 aliphatic rings. The Bertz CT molecular complexity index is 904. The van der Waals surface area contributed by atoms with Gasteiger partial charge in [-0.25, -0.2) is 0 Å². The summed E-state index contributed by atoms with van der Waals surface area (Å²) in [7, 11) is 0. The van der Waals surface area contributed by atoms with Crippen molar-refractivity contribution in [2.24, 2.45) is 0 Å². The van der Waals surface area contributed by atoms with Gasteiger partial charge in [0, 0.05) is 11.6 Å². The number of aromatic amines is 1. The van der Waals surface area contributed by atoms with Gasteiger partial charge in [-0.1, -0.05) is 13.8 Å². The summed E-state index contributed by atoms with van der Waals surface area (Å²) in [4.78, 5) is 39.9. The fourth-order valence-corrected chi connectivity index (χ4v) is 2.94. The second-order valence-corrected chi connectivity index (χ2v) is 6.39. The van der Waals surface area contributed by atoms with Crippen LogP contribution in [0.25, 0.3) is 5.65 Å². The lowest BCUT2D eigenvalue weighted by molar-refractivity contribution is 0.0941. The number of hydrogen-bond acceptors (Lipinski definition) is 4. The number of nitrogens with one attached hydrogen (secondary N) is 3. The second-order valence-electron chi connectivity index (χ2n) is 6.39. The highest BCUT2D eigenvalue weighted by molar-refractivity contribution is 5.98. The molecule has 0 spiro atoms. The van der Waals surface area contributed by atoms with Gasteiger partial charge in [0.05, 0.1) is 12.1 Å². The minimum atomic E-state index is -0.362. The number of rotatable bonds is 3. The first kappa shape index (κ1) is 14.0. The fourth-order valence-electron chi connectivity index (χ4n) is 2.94. The third kappa shape index (κ3) is 2.05. The van der Waals surface area contributed by atoms with Crippen LogP contribution in [0.4, 0.5) is 0 Å². The van der Waals surface area contributed by atoms with Gasteiger partial charge < -0.3 is 15.6 Å². The van der Waals surface area contributed by atoms with Gasteiger partial charge in [-0.05, 0) is 18.8 Å². The Kier molecular flexibility index (Phi) is 2.84. The molecule has 1 fully saturated rings. The predicted octanol–water partition coefficient (Wildman–Crippen LogP) is 0.282. The number of H-pyrrole nitrogens is 1. The smallest absolute Gasteiger partial charge is 0.280 e. The zero-order chi connectivity index (χ0) is 16.3. The van der Waals surface area contributed by atoms with Crippen molar-refractivity contribution < 1.29 is 9.59 Å². The van der Waals surface area contributed by atoms with Crippen LogP contribution in [0.1, 0.15) is 64.7 Å². The quantitative estimate of drug-likeness (QED) is 0.756. The molecule has 4 rings (SSSR count). The fraction of sp³-hybridized carbons (Fsp3) is 0.467. The third-order valence-corrected chi connectivity index (χ3v) is 4.28. The minimum absolute atomic E-state index is 0.0226. The number of amides is 2. The zero-order valence-corrected chi connectivity index (χ0v) is 12.9. The molecule has 2 aromatic rings. The molecule has 0 unspecified atom stereocenters. The first-order valence-electron chi connectivity index (χ1n) is 7.74. The highest BCUT2D eigenvalue weighted by Crippen LogP contribution is 2.26. The molecule has 2 aromatic heterocycles. The van der Waals surface area contributed by atoms with Crippen LogP contribution < -0.4 is 16.2 Å². The molecular weight excluding hydrogens is 298 g/mol. The monoisotopic (exact) mass is 315 g/mol. The van der Waals surface area contributed by atoms with E-state index >= 15 is 0 Å². The zero-order valence-electron chi connectivity index (χ0n) is 12.9. The summed E-state index contributed by atoms with van der Waals surface area (Å²) in [6.45, 7) is 4.03. The van der Waals surface area contributed by atoms with Crippen LogP contribution in [0.5, 0.6) is 0 Å². The molecule has 0 radical (unpaired) electrons. The molecular formula is C15H17N5O3. The Hall–Kier alpha value is -2.64. The van der Waals surface area contributed by atoms with E-state index in [1.165, 1.54) is 4.52 Å². The summed E-state index contributed by atoms with van der Waals surface area (Å²) in [5, 5.41) is 9.76. The van der Waals surface area contributed by atoms with Crippen molar-refractivity contribution in [3.8, 4) is 0 Å². The summed E-state index contributed by atoms with van der Waals surface area (Å²) in [5.74, 6) is -0.595. The maximum atomic E-state index is 12.6. The van der Waals surface area contributed by atoms with Gasteiger partial charge in [-0.15, -0.1) is 0 Å². The van der Waals surface area contributed by atoms with Gasteiger partial charge in [-0.3, -0.25) is 14.4 Å². The van der Waals surface area contributed by atoms with Crippen molar-refractivity contribution in [2.45, 2.75) is 45.2 Å². The Balaban J connectivity index is 1.96. The maximum absolute atomic E-state index is 12.6. The molecule has 0 atom stereocenters. The van der Waals surface area contributed by atoms with Gasteiger partial charge in [0.15, 0.2) is 5.69 Å². The van der Waals surface area contributed by atoms with E-state index in [9.17, 15) is 14.4 Å². The van der Waals surface area contributed by atoms with Gasteiger partial charge in [0.25, 0.3) is 17.4 Å². The lowest BCUT2D eigenvalue weighted by atomic mass is 10.0. The minimum Gasteiger partial charge on any atom is -0.348 e. The number of carbonyl (C=O) groups excluding carboxylic acids is 2. The topological polar surface area (TPSA) is 108 Å². The summed E-state index contributed by atoms with van der Waals surface area (Å²) in [6.07, 6.45) is 1.95. The lowest BCUT2D eigenvalue weighted by Crippen LogP contribution is -2.27. The van der Waals surface area contributed by atoms with Crippen LogP contribution in [0.3, 0.4) is 0 Å². The van der Waals surface area contributed by atoms with E-state index in [0.29, 0.717) is 16.8 Å². The molecule has 1 aliphatic carbocycles. The van der Waals surface area contributed by atoms with Gasteiger partial charge in [-0.2, -0.15) is 9.61 Å². The number of carbonyl (C=O) groups is 2. The van der Waals surface area contributed by atoms with E-state index in [1.54, 1.807) is 0 Å². The highest BCUT2D eigenvalue weighted by Gasteiger charge is 2.31. The first-order chi connectivity index (χ1) is 11.0. The standard InChI is InChI=1S/C15H17N5O3/c1-6(2)9-11(14(22)17-7-3-4-7)19-20-12(9)18-10-8(15(20)23)5-16-13(10)21/h6-7,18H,3-5H2,1-2H3,(H,16,21)(H,17,22). The van der Waals surface area contributed by atoms with Crippen LogP contribution in [0, 0.1) is 0 Å². The molecule has 3 heterocycles. The first-order valence-corrected chi connectivity index (χ1v) is 7.74. The van der Waals surface area contributed by atoms with E-state index in [1.807, 2.05) is 13.8 Å². The van der Waals surface area contributed by atoms with Crippen molar-refractivity contribution in [1.82, 2.24) is 25.2 Å². The van der Waals surface area contributed by atoms with Crippen LogP contribution in [-0.4, -0.2) is 32.5 Å². The highest BCUT2D eigenvalue weighted by atomic mass is 16.2. The van der Waals surface area contributed by atoms with Gasteiger partial charge in [0.1, 0.15) is 11.3 Å². The number of hydrogen-bond donors (Lipinski definition) is 3. The molecule has 23 heavy (non-hydrogen) atoms. The Labute approximate surface area is 131 Å². The molecule has 8 nitrogen and oxygen atoms in total. The average molecular weight is 315 g/mol. The van der Waals surface area contributed by atoms with Crippen LogP contribution >= 0.6 is 0 Å². The van der Waals surface area contributed by atoms with E-state index < -0.39 is 0 Å². The van der Waals surface area contributed by atoms with Gasteiger partial charge in [0.2, 0.25) is 0 Å². The third-order valence-electron chi connectivity index (χ3n) is 4.28. The van der Waals surface area contributed by atoms with Crippen molar-refractivity contribution in [2.75, 3.05) is 0 Å². The Morgan fingerprint density at radius 3 is 2.74 bits per heavy atom. The molecule has 0 bridgehead atoms. The van der Waals surface area contributed by atoms with Gasteiger partial charge >= 0.3 is 0 Å². The molecule has 1 saturated carbocycles. The van der Waals surface area contributed by atoms with Crippen molar-refractivity contribution in [1.29, 1.82) is 0 Å². The van der Waals surface area contributed by atoms with Crippen molar-refractivity contribution in [3.05, 3.63) is 32.9 Å². The number of aromatic nitrogens is 3. The van der Waals surface area contributed by atoms with E-state index in [0.717, 1.165) is 12.8 Å². The number of nitrogens with zero attached hydrogens (tertiary/aromatic N) is 2.